The molecule has 0 radical (unpaired) electrons. The van der Waals surface area contributed by atoms with E-state index in [0.29, 0.717) is 17.9 Å². The summed E-state index contributed by atoms with van der Waals surface area (Å²) < 4.78 is 18.7. The van der Waals surface area contributed by atoms with Crippen LogP contribution < -0.4 is 10.1 Å². The first-order valence-electron chi connectivity index (χ1n) is 7.44. The Morgan fingerprint density at radius 1 is 1.35 bits per heavy atom. The molecule has 0 atom stereocenters. The Hall–Kier alpha value is -1.13. The van der Waals surface area contributed by atoms with Crippen molar-refractivity contribution in [3.63, 3.8) is 0 Å². The molecule has 0 saturated heterocycles. The Labute approximate surface area is 121 Å². The minimum absolute atomic E-state index is 0.207. The smallest absolute Gasteiger partial charge is 0.131 e. The van der Waals surface area contributed by atoms with Gasteiger partial charge in [0.15, 0.2) is 0 Å². The SMILES string of the molecule is COc1ccc(CNCCN(C)C2CCCC2)c(F)c1. The summed E-state index contributed by atoms with van der Waals surface area (Å²) in [5.41, 5.74) is 0.689. The molecule has 112 valence electrons. The summed E-state index contributed by atoms with van der Waals surface area (Å²) in [4.78, 5) is 2.42. The first-order chi connectivity index (χ1) is 9.70. The predicted molar refractivity (Wildman–Crippen MR) is 79.5 cm³/mol. The molecule has 2 rings (SSSR count). The molecule has 4 heteroatoms. The van der Waals surface area contributed by atoms with Crippen LogP contribution in [0, 0.1) is 5.82 Å². The van der Waals surface area contributed by atoms with Crippen molar-refractivity contribution in [2.75, 3.05) is 27.2 Å². The zero-order valence-corrected chi connectivity index (χ0v) is 12.5. The van der Waals surface area contributed by atoms with Crippen LogP contribution >= 0.6 is 0 Å². The van der Waals surface area contributed by atoms with Gasteiger partial charge in [0.1, 0.15) is 11.6 Å². The van der Waals surface area contributed by atoms with Gasteiger partial charge in [0.05, 0.1) is 7.11 Å². The summed E-state index contributed by atoms with van der Waals surface area (Å²) in [6.07, 6.45) is 5.37. The van der Waals surface area contributed by atoms with E-state index < -0.39 is 0 Å². The molecule has 1 fully saturated rings. The van der Waals surface area contributed by atoms with E-state index in [1.54, 1.807) is 19.2 Å². The van der Waals surface area contributed by atoms with E-state index in [9.17, 15) is 4.39 Å². The Bertz CT molecular complexity index is 419. The number of nitrogens with zero attached hydrogens (tertiary/aromatic N) is 1. The van der Waals surface area contributed by atoms with Crippen LogP contribution in [-0.2, 0) is 6.54 Å². The third kappa shape index (κ3) is 4.18. The van der Waals surface area contributed by atoms with Crippen LogP contribution in [0.3, 0.4) is 0 Å². The van der Waals surface area contributed by atoms with Crippen molar-refractivity contribution in [1.29, 1.82) is 0 Å². The van der Waals surface area contributed by atoms with Crippen LogP contribution in [0.25, 0.3) is 0 Å². The van der Waals surface area contributed by atoms with E-state index >= 15 is 0 Å². The summed E-state index contributed by atoms with van der Waals surface area (Å²) in [7, 11) is 3.73. The van der Waals surface area contributed by atoms with Crippen molar-refractivity contribution in [3.8, 4) is 5.75 Å². The molecule has 1 aromatic rings. The number of nitrogens with one attached hydrogen (secondary N) is 1. The Balaban J connectivity index is 1.70. The van der Waals surface area contributed by atoms with E-state index in [2.05, 4.69) is 17.3 Å². The molecule has 0 spiro atoms. The molecule has 0 aromatic heterocycles. The minimum atomic E-state index is -0.207. The zero-order chi connectivity index (χ0) is 14.4. The highest BCUT2D eigenvalue weighted by molar-refractivity contribution is 5.28. The Morgan fingerprint density at radius 2 is 2.10 bits per heavy atom. The molecule has 0 amide bonds. The first-order valence-corrected chi connectivity index (χ1v) is 7.44. The van der Waals surface area contributed by atoms with Crippen molar-refractivity contribution in [3.05, 3.63) is 29.6 Å². The molecule has 1 saturated carbocycles. The number of ether oxygens (including phenoxy) is 1. The van der Waals surface area contributed by atoms with Gasteiger partial charge in [-0.05, 0) is 26.0 Å². The molecule has 1 aliphatic carbocycles. The van der Waals surface area contributed by atoms with Gasteiger partial charge in [-0.15, -0.1) is 0 Å². The summed E-state index contributed by atoms with van der Waals surface area (Å²) in [5, 5.41) is 3.31. The molecule has 0 heterocycles. The van der Waals surface area contributed by atoms with Crippen LogP contribution in [0.4, 0.5) is 4.39 Å². The van der Waals surface area contributed by atoms with Gasteiger partial charge >= 0.3 is 0 Å². The van der Waals surface area contributed by atoms with Crippen molar-refractivity contribution < 1.29 is 9.13 Å². The number of hydrogen-bond acceptors (Lipinski definition) is 3. The topological polar surface area (TPSA) is 24.5 Å². The first kappa shape index (κ1) is 15.3. The molecule has 1 aliphatic rings. The summed E-state index contributed by atoms with van der Waals surface area (Å²) in [5.74, 6) is 0.355. The largest absolute Gasteiger partial charge is 0.497 e. The number of halogens is 1. The lowest BCUT2D eigenvalue weighted by Crippen LogP contribution is -2.35. The lowest BCUT2D eigenvalue weighted by Gasteiger charge is -2.24. The Morgan fingerprint density at radius 3 is 2.75 bits per heavy atom. The lowest BCUT2D eigenvalue weighted by atomic mass is 10.2. The average Bonchev–Trinajstić information content (AvgIpc) is 2.98. The highest BCUT2D eigenvalue weighted by Crippen LogP contribution is 2.21. The molecule has 0 bridgehead atoms. The van der Waals surface area contributed by atoms with Crippen LogP contribution in [-0.4, -0.2) is 38.2 Å². The molecule has 0 aliphatic heterocycles. The molecule has 1 N–H and O–H groups in total. The van der Waals surface area contributed by atoms with Crippen molar-refractivity contribution in [2.24, 2.45) is 0 Å². The highest BCUT2D eigenvalue weighted by Gasteiger charge is 2.18. The summed E-state index contributed by atoms with van der Waals surface area (Å²) >= 11 is 0. The van der Waals surface area contributed by atoms with Gasteiger partial charge < -0.3 is 15.0 Å². The van der Waals surface area contributed by atoms with Crippen molar-refractivity contribution >= 4 is 0 Å². The van der Waals surface area contributed by atoms with Gasteiger partial charge in [0.25, 0.3) is 0 Å². The quantitative estimate of drug-likeness (QED) is 0.777. The predicted octanol–water partition coefficient (Wildman–Crippen LogP) is 2.80. The number of benzene rings is 1. The van der Waals surface area contributed by atoms with Gasteiger partial charge in [0.2, 0.25) is 0 Å². The maximum Gasteiger partial charge on any atom is 0.131 e. The van der Waals surface area contributed by atoms with E-state index in [4.69, 9.17) is 4.74 Å². The summed E-state index contributed by atoms with van der Waals surface area (Å²) in [6.45, 7) is 2.47. The van der Waals surface area contributed by atoms with Gasteiger partial charge in [-0.2, -0.15) is 0 Å². The van der Waals surface area contributed by atoms with Gasteiger partial charge in [-0.1, -0.05) is 18.9 Å². The standard InChI is InChI=1S/C16H25FN2O/c1-19(14-5-3-4-6-14)10-9-18-12-13-7-8-15(20-2)11-16(13)17/h7-8,11,14,18H,3-6,9-10,12H2,1-2H3. The van der Waals surface area contributed by atoms with Crippen LogP contribution in [0.15, 0.2) is 18.2 Å². The van der Waals surface area contributed by atoms with Crippen molar-refractivity contribution in [1.82, 2.24) is 10.2 Å². The molecule has 3 nitrogen and oxygen atoms in total. The fourth-order valence-electron chi connectivity index (χ4n) is 2.80. The number of methoxy groups -OCH3 is 1. The van der Waals surface area contributed by atoms with Gasteiger partial charge in [0, 0.05) is 37.3 Å². The molecule has 1 aromatic carbocycles. The second-order valence-corrected chi connectivity index (χ2v) is 5.55. The maximum atomic E-state index is 13.7. The molecule has 0 unspecified atom stereocenters. The minimum Gasteiger partial charge on any atom is -0.497 e. The lowest BCUT2D eigenvalue weighted by molar-refractivity contribution is 0.245. The van der Waals surface area contributed by atoms with Gasteiger partial charge in [-0.3, -0.25) is 0 Å². The van der Waals surface area contributed by atoms with Gasteiger partial charge in [-0.25, -0.2) is 4.39 Å². The normalized spacial score (nSPS) is 16.0. The molecular weight excluding hydrogens is 255 g/mol. The Kier molecular flexibility index (Phi) is 5.80. The third-order valence-electron chi connectivity index (χ3n) is 4.17. The van der Waals surface area contributed by atoms with E-state index in [-0.39, 0.29) is 5.82 Å². The number of likely N-dealkylation sites (N-methyl/N-ethyl adjacent to an activating group) is 1. The zero-order valence-electron chi connectivity index (χ0n) is 12.5. The van der Waals surface area contributed by atoms with E-state index in [1.807, 2.05) is 0 Å². The number of hydrogen-bond donors (Lipinski definition) is 1. The fraction of sp³-hybridized carbons (Fsp3) is 0.625. The number of rotatable bonds is 7. The van der Waals surface area contributed by atoms with Crippen LogP contribution in [0.1, 0.15) is 31.2 Å². The fourth-order valence-corrected chi connectivity index (χ4v) is 2.80. The van der Waals surface area contributed by atoms with Crippen molar-refractivity contribution in [2.45, 2.75) is 38.3 Å². The maximum absolute atomic E-state index is 13.7. The molecular formula is C16H25FN2O. The molecule has 20 heavy (non-hydrogen) atoms. The highest BCUT2D eigenvalue weighted by atomic mass is 19.1. The van der Waals surface area contributed by atoms with E-state index in [1.165, 1.54) is 31.7 Å². The second-order valence-electron chi connectivity index (χ2n) is 5.55. The average molecular weight is 280 g/mol. The monoisotopic (exact) mass is 280 g/mol. The van der Waals surface area contributed by atoms with E-state index in [0.717, 1.165) is 19.1 Å². The second kappa shape index (κ2) is 7.60. The van der Waals surface area contributed by atoms with Crippen LogP contribution in [0.2, 0.25) is 0 Å². The third-order valence-corrected chi connectivity index (χ3v) is 4.17. The van der Waals surface area contributed by atoms with Crippen LogP contribution in [0.5, 0.6) is 5.75 Å². The summed E-state index contributed by atoms with van der Waals surface area (Å²) in [6, 6.07) is 5.75.